The van der Waals surface area contributed by atoms with Crippen molar-refractivity contribution in [3.8, 4) is 0 Å². The molecule has 1 aromatic carbocycles. The van der Waals surface area contributed by atoms with Crippen LogP contribution in [-0.4, -0.2) is 11.8 Å². The molecule has 4 atom stereocenters. The Morgan fingerprint density at radius 1 is 1.04 bits per heavy atom. The van der Waals surface area contributed by atoms with Crippen molar-refractivity contribution in [1.82, 2.24) is 0 Å². The van der Waals surface area contributed by atoms with E-state index in [0.29, 0.717) is 0 Å². The number of benzene rings is 1. The molecule has 2 saturated carbocycles. The molecule has 5 rings (SSSR count). The number of carbonyl (C=O) groups excluding carboxylic acids is 2. The summed E-state index contributed by atoms with van der Waals surface area (Å²) in [6.07, 6.45) is 1.47. The van der Waals surface area contributed by atoms with Crippen LogP contribution >= 0.6 is 11.6 Å². The fourth-order valence-electron chi connectivity index (χ4n) is 5.18. The molecule has 0 N–H and O–H groups in total. The molecule has 3 aliphatic carbocycles. The first-order valence-corrected chi connectivity index (χ1v) is 8.56. The average Bonchev–Trinajstić information content (AvgIpc) is 3.13. The maximum atomic E-state index is 13.0. The summed E-state index contributed by atoms with van der Waals surface area (Å²) in [5, 5.41) is -0.0314. The molecule has 4 aliphatic rings. The van der Waals surface area contributed by atoms with Crippen LogP contribution in [0.3, 0.4) is 0 Å². The van der Waals surface area contributed by atoms with E-state index >= 15 is 0 Å². The number of rotatable bonds is 1. The molecule has 1 aliphatic heterocycles. The predicted molar refractivity (Wildman–Crippen MR) is 83.7 cm³/mol. The summed E-state index contributed by atoms with van der Waals surface area (Å²) in [4.78, 5) is 26.8. The molecule has 130 valence electrons. The van der Waals surface area contributed by atoms with Crippen molar-refractivity contribution in [3.63, 3.8) is 0 Å². The van der Waals surface area contributed by atoms with E-state index in [0.717, 1.165) is 35.9 Å². The second-order valence-electron chi connectivity index (χ2n) is 7.40. The van der Waals surface area contributed by atoms with Gasteiger partial charge in [-0.2, -0.15) is 13.2 Å². The molecule has 0 unspecified atom stereocenters. The first kappa shape index (κ1) is 15.4. The van der Waals surface area contributed by atoms with E-state index in [1.165, 1.54) is 0 Å². The summed E-state index contributed by atoms with van der Waals surface area (Å²) in [5.74, 6) is -1.72. The van der Waals surface area contributed by atoms with Gasteiger partial charge in [0.15, 0.2) is 0 Å². The third-order valence-electron chi connectivity index (χ3n) is 6.37. The molecular weight excluding hydrogens is 355 g/mol. The molecule has 1 aromatic rings. The molecule has 7 heteroatoms. The Hall–Kier alpha value is -1.82. The minimum atomic E-state index is -4.57. The number of fused-ring (bicyclic) bond motifs is 3. The average molecular weight is 368 g/mol. The summed E-state index contributed by atoms with van der Waals surface area (Å²) in [6, 6.07) is 2.73. The van der Waals surface area contributed by atoms with Gasteiger partial charge in [0.05, 0.1) is 28.1 Å². The largest absolute Gasteiger partial charge is 0.416 e. The van der Waals surface area contributed by atoms with Crippen molar-refractivity contribution >= 4 is 29.1 Å². The summed E-state index contributed by atoms with van der Waals surface area (Å²) in [6.45, 7) is 0. The third kappa shape index (κ3) is 1.78. The summed E-state index contributed by atoms with van der Waals surface area (Å²) < 4.78 is 39.0. The zero-order valence-electron chi connectivity index (χ0n) is 12.9. The molecule has 2 amide bonds. The number of carbonyl (C=O) groups is 2. The minimum absolute atomic E-state index is 0.0218. The van der Waals surface area contributed by atoms with Crippen LogP contribution < -0.4 is 4.90 Å². The van der Waals surface area contributed by atoms with Gasteiger partial charge in [0.2, 0.25) is 11.8 Å². The lowest BCUT2D eigenvalue weighted by atomic mass is 9.85. The highest BCUT2D eigenvalue weighted by Gasteiger charge is 2.73. The van der Waals surface area contributed by atoms with Crippen LogP contribution in [0.1, 0.15) is 18.4 Å². The SMILES string of the molecule is O=C1[C@H]2[C@H](C(=O)N1c1cc(C(F)(F)F)ccc1Cl)[C@H]1C=C[C@H]2C12CC2. The molecule has 3 nitrogen and oxygen atoms in total. The highest BCUT2D eigenvalue weighted by atomic mass is 35.5. The molecule has 0 aromatic heterocycles. The van der Waals surface area contributed by atoms with Crippen LogP contribution in [-0.2, 0) is 15.8 Å². The van der Waals surface area contributed by atoms with Gasteiger partial charge in [0, 0.05) is 0 Å². The van der Waals surface area contributed by atoms with Gasteiger partial charge in [-0.3, -0.25) is 9.59 Å². The first-order chi connectivity index (χ1) is 11.8. The van der Waals surface area contributed by atoms with E-state index in [1.807, 2.05) is 12.2 Å². The molecule has 25 heavy (non-hydrogen) atoms. The van der Waals surface area contributed by atoms with Crippen LogP contribution in [0.5, 0.6) is 0 Å². The lowest BCUT2D eigenvalue weighted by Crippen LogP contribution is -2.35. The van der Waals surface area contributed by atoms with Gasteiger partial charge < -0.3 is 0 Å². The zero-order chi connectivity index (χ0) is 17.7. The van der Waals surface area contributed by atoms with Crippen LogP contribution in [0.25, 0.3) is 0 Å². The Morgan fingerprint density at radius 3 is 2.08 bits per heavy atom. The molecular formula is C18H13ClF3NO2. The molecule has 0 radical (unpaired) electrons. The Morgan fingerprint density at radius 2 is 1.60 bits per heavy atom. The van der Waals surface area contributed by atoms with Gasteiger partial charge in [-0.15, -0.1) is 0 Å². The molecule has 2 bridgehead atoms. The van der Waals surface area contributed by atoms with Crippen LogP contribution in [0.2, 0.25) is 5.02 Å². The Balaban J connectivity index is 1.58. The highest BCUT2D eigenvalue weighted by molar-refractivity contribution is 6.36. The summed E-state index contributed by atoms with van der Waals surface area (Å²) in [7, 11) is 0. The molecule has 1 spiro atoms. The van der Waals surface area contributed by atoms with Gasteiger partial charge in [-0.05, 0) is 48.3 Å². The quantitative estimate of drug-likeness (QED) is 0.554. The fourth-order valence-corrected chi connectivity index (χ4v) is 5.38. The second-order valence-corrected chi connectivity index (χ2v) is 7.80. The number of hydrogen-bond acceptors (Lipinski definition) is 2. The van der Waals surface area contributed by atoms with Gasteiger partial charge in [0.25, 0.3) is 0 Å². The van der Waals surface area contributed by atoms with Gasteiger partial charge >= 0.3 is 6.18 Å². The van der Waals surface area contributed by atoms with Crippen molar-refractivity contribution in [1.29, 1.82) is 0 Å². The number of nitrogens with zero attached hydrogens (tertiary/aromatic N) is 1. The van der Waals surface area contributed by atoms with E-state index in [2.05, 4.69) is 0 Å². The lowest BCUT2D eigenvalue weighted by Gasteiger charge is -2.23. The summed E-state index contributed by atoms with van der Waals surface area (Å²) in [5.41, 5.74) is -1.04. The van der Waals surface area contributed by atoms with Gasteiger partial charge in [0.1, 0.15) is 0 Å². The van der Waals surface area contributed by atoms with E-state index in [4.69, 9.17) is 11.6 Å². The second kappa shape index (κ2) is 4.47. The number of halogens is 4. The molecule has 1 heterocycles. The fraction of sp³-hybridized carbons (Fsp3) is 0.444. The Labute approximate surface area is 146 Å². The maximum Gasteiger partial charge on any atom is 0.416 e. The monoisotopic (exact) mass is 367 g/mol. The number of amides is 2. The number of imide groups is 1. The first-order valence-electron chi connectivity index (χ1n) is 8.18. The van der Waals surface area contributed by atoms with E-state index in [1.54, 1.807) is 0 Å². The molecule has 1 saturated heterocycles. The smallest absolute Gasteiger partial charge is 0.274 e. The van der Waals surface area contributed by atoms with Crippen LogP contribution in [0.15, 0.2) is 30.4 Å². The van der Waals surface area contributed by atoms with Crippen molar-refractivity contribution in [2.75, 3.05) is 4.90 Å². The van der Waals surface area contributed by atoms with E-state index in [-0.39, 0.29) is 28.0 Å². The molecule has 3 fully saturated rings. The maximum absolute atomic E-state index is 13.0. The highest BCUT2D eigenvalue weighted by Crippen LogP contribution is 2.73. The minimum Gasteiger partial charge on any atom is -0.274 e. The standard InChI is InChI=1S/C18H13ClF3NO2/c19-11-4-1-8(18(20,21)22)7-12(11)23-15(24)13-9-2-3-10(14(13)16(23)25)17(9)5-6-17/h1-4,7,9-10,13-14H,5-6H2/t9-,10-,13-,14-/m1/s1. The predicted octanol–water partition coefficient (Wildman–Crippen LogP) is 4.06. The number of allylic oxidation sites excluding steroid dienone is 2. The zero-order valence-corrected chi connectivity index (χ0v) is 13.6. The van der Waals surface area contributed by atoms with Crippen molar-refractivity contribution in [2.45, 2.75) is 19.0 Å². The van der Waals surface area contributed by atoms with Crippen LogP contribution in [0.4, 0.5) is 18.9 Å². The Kier molecular flexibility index (Phi) is 2.76. The number of alkyl halides is 3. The van der Waals surface area contributed by atoms with Crippen molar-refractivity contribution < 1.29 is 22.8 Å². The van der Waals surface area contributed by atoms with E-state index < -0.39 is 35.4 Å². The van der Waals surface area contributed by atoms with Crippen LogP contribution in [0, 0.1) is 29.1 Å². The lowest BCUT2D eigenvalue weighted by molar-refractivity contribution is -0.137. The van der Waals surface area contributed by atoms with Gasteiger partial charge in [-0.25, -0.2) is 4.90 Å². The Bertz CT molecular complexity index is 824. The summed E-state index contributed by atoms with van der Waals surface area (Å²) >= 11 is 6.04. The van der Waals surface area contributed by atoms with E-state index in [9.17, 15) is 22.8 Å². The van der Waals surface area contributed by atoms with Crippen molar-refractivity contribution in [3.05, 3.63) is 40.9 Å². The van der Waals surface area contributed by atoms with Gasteiger partial charge in [-0.1, -0.05) is 23.8 Å². The topological polar surface area (TPSA) is 37.4 Å². The number of anilines is 1. The normalized spacial score (nSPS) is 34.3. The number of hydrogen-bond donors (Lipinski definition) is 0. The third-order valence-corrected chi connectivity index (χ3v) is 6.69. The van der Waals surface area contributed by atoms with Crippen molar-refractivity contribution in [2.24, 2.45) is 29.1 Å².